The highest BCUT2D eigenvalue weighted by molar-refractivity contribution is 5.94. The molecule has 42 heavy (non-hydrogen) atoms. The van der Waals surface area contributed by atoms with Crippen LogP contribution >= 0.6 is 0 Å². The van der Waals surface area contributed by atoms with E-state index in [1.807, 2.05) is 53.6 Å². The molecular formula is C31H35F3N6O2. The highest BCUT2D eigenvalue weighted by Gasteiger charge is 2.30. The van der Waals surface area contributed by atoms with Gasteiger partial charge in [-0.05, 0) is 60.6 Å². The molecule has 3 aliphatic rings. The Morgan fingerprint density at radius 1 is 0.952 bits per heavy atom. The molecule has 8 nitrogen and oxygen atoms in total. The van der Waals surface area contributed by atoms with Crippen molar-refractivity contribution in [1.82, 2.24) is 29.3 Å². The summed E-state index contributed by atoms with van der Waals surface area (Å²) in [5.41, 5.74) is 4.29. The van der Waals surface area contributed by atoms with Crippen LogP contribution in [0.5, 0.6) is 0 Å². The fourth-order valence-electron chi connectivity index (χ4n) is 5.75. The van der Waals surface area contributed by atoms with E-state index in [1.54, 1.807) is 4.52 Å². The summed E-state index contributed by atoms with van der Waals surface area (Å²) in [4.78, 5) is 35.9. The maximum Gasteiger partial charge on any atom is 0.389 e. The topological polar surface area (TPSA) is 74.1 Å². The second kappa shape index (κ2) is 11.9. The van der Waals surface area contributed by atoms with Gasteiger partial charge in [0.1, 0.15) is 0 Å². The first-order valence-electron chi connectivity index (χ1n) is 14.7. The molecule has 2 amide bonds. The molecule has 11 heteroatoms. The van der Waals surface area contributed by atoms with Gasteiger partial charge in [0.25, 0.3) is 5.91 Å². The molecule has 1 saturated carbocycles. The lowest BCUT2D eigenvalue weighted by Crippen LogP contribution is -2.49. The number of hydrogen-bond donors (Lipinski definition) is 0. The van der Waals surface area contributed by atoms with Crippen LogP contribution in [0, 0.1) is 5.92 Å². The van der Waals surface area contributed by atoms with Crippen LogP contribution in [-0.2, 0) is 11.2 Å². The number of benzene rings is 1. The summed E-state index contributed by atoms with van der Waals surface area (Å²) in [5, 5.41) is 4.64. The standard InChI is InChI=1S/C31H35F3N6O2/c32-31(33,34)12-9-28(41)38-14-10-24(11-15-38)26-2-1-13-40-29(26)35-27(36-40)20-22-5-7-25(8-6-22)30(42)39-18-16-37(17-19-39)21-23-3-4-23/h1-2,5-8,10,13,23H,3-4,9,11-12,14-21H2. The fourth-order valence-corrected chi connectivity index (χ4v) is 5.75. The zero-order chi connectivity index (χ0) is 29.3. The van der Waals surface area contributed by atoms with E-state index in [0.717, 1.165) is 48.8 Å². The smallest absolute Gasteiger partial charge is 0.339 e. The van der Waals surface area contributed by atoms with Gasteiger partial charge in [-0.3, -0.25) is 14.5 Å². The predicted molar refractivity (Wildman–Crippen MR) is 152 cm³/mol. The number of aromatic nitrogens is 3. The third kappa shape index (κ3) is 6.83. The first-order valence-corrected chi connectivity index (χ1v) is 14.7. The van der Waals surface area contributed by atoms with Gasteiger partial charge >= 0.3 is 6.18 Å². The second-order valence-electron chi connectivity index (χ2n) is 11.6. The molecular weight excluding hydrogens is 545 g/mol. The van der Waals surface area contributed by atoms with Crippen molar-refractivity contribution in [3.8, 4) is 0 Å². The van der Waals surface area contributed by atoms with E-state index in [-0.39, 0.29) is 12.5 Å². The van der Waals surface area contributed by atoms with E-state index in [0.29, 0.717) is 36.4 Å². The molecule has 0 spiro atoms. The Bertz CT molecular complexity index is 1470. The van der Waals surface area contributed by atoms with Crippen LogP contribution < -0.4 is 0 Å². The van der Waals surface area contributed by atoms with Crippen molar-refractivity contribution < 1.29 is 22.8 Å². The number of fused-ring (bicyclic) bond motifs is 1. The Kier molecular flexibility index (Phi) is 8.02. The highest BCUT2D eigenvalue weighted by Crippen LogP contribution is 2.30. The average molecular weight is 581 g/mol. The lowest BCUT2D eigenvalue weighted by Gasteiger charge is -2.34. The lowest BCUT2D eigenvalue weighted by atomic mass is 10.00. The third-order valence-electron chi connectivity index (χ3n) is 8.37. The zero-order valence-corrected chi connectivity index (χ0v) is 23.5. The molecule has 0 atom stereocenters. The van der Waals surface area contributed by atoms with Gasteiger partial charge in [0, 0.05) is 76.0 Å². The van der Waals surface area contributed by atoms with Gasteiger partial charge in [-0.15, -0.1) is 0 Å². The molecule has 0 unspecified atom stereocenters. The number of halogens is 3. The molecule has 0 radical (unpaired) electrons. The normalized spacial score (nSPS) is 18.4. The number of hydrogen-bond acceptors (Lipinski definition) is 5. The molecule has 2 aromatic heterocycles. The largest absolute Gasteiger partial charge is 0.389 e. The minimum Gasteiger partial charge on any atom is -0.339 e. The maximum atomic E-state index is 13.1. The van der Waals surface area contributed by atoms with Gasteiger partial charge in [0.15, 0.2) is 11.5 Å². The molecule has 2 fully saturated rings. The molecule has 3 aromatic rings. The summed E-state index contributed by atoms with van der Waals surface area (Å²) in [6.07, 6.45) is 1.49. The summed E-state index contributed by atoms with van der Waals surface area (Å²) >= 11 is 0. The van der Waals surface area contributed by atoms with E-state index < -0.39 is 24.9 Å². The quantitative estimate of drug-likeness (QED) is 0.394. The first-order chi connectivity index (χ1) is 20.2. The Hall–Kier alpha value is -3.73. The molecule has 1 saturated heterocycles. The van der Waals surface area contributed by atoms with Crippen LogP contribution in [-0.4, -0.2) is 93.1 Å². The monoisotopic (exact) mass is 580 g/mol. The van der Waals surface area contributed by atoms with Crippen LogP contribution in [0.1, 0.15) is 59.4 Å². The number of piperazine rings is 1. The summed E-state index contributed by atoms with van der Waals surface area (Å²) in [6, 6.07) is 11.5. The van der Waals surface area contributed by atoms with Crippen LogP contribution in [0.2, 0.25) is 0 Å². The first kappa shape index (κ1) is 28.4. The number of rotatable bonds is 8. The van der Waals surface area contributed by atoms with Gasteiger partial charge in [-0.25, -0.2) is 9.50 Å². The number of alkyl halides is 3. The van der Waals surface area contributed by atoms with Crippen molar-refractivity contribution in [1.29, 1.82) is 0 Å². The number of pyridine rings is 1. The van der Waals surface area contributed by atoms with Gasteiger partial charge in [0.05, 0.1) is 6.42 Å². The van der Waals surface area contributed by atoms with E-state index in [4.69, 9.17) is 4.98 Å². The summed E-state index contributed by atoms with van der Waals surface area (Å²) in [5.74, 6) is 1.10. The number of nitrogens with zero attached hydrogens (tertiary/aromatic N) is 6. The van der Waals surface area contributed by atoms with Crippen molar-refractivity contribution >= 4 is 23.0 Å². The predicted octanol–water partition coefficient (Wildman–Crippen LogP) is 4.45. The van der Waals surface area contributed by atoms with Gasteiger partial charge < -0.3 is 9.80 Å². The van der Waals surface area contributed by atoms with E-state index >= 15 is 0 Å². The zero-order valence-electron chi connectivity index (χ0n) is 23.5. The molecule has 222 valence electrons. The highest BCUT2D eigenvalue weighted by atomic mass is 19.4. The molecule has 0 N–H and O–H groups in total. The third-order valence-corrected chi connectivity index (χ3v) is 8.37. The van der Waals surface area contributed by atoms with Crippen molar-refractivity contribution in [2.24, 2.45) is 5.92 Å². The van der Waals surface area contributed by atoms with Crippen LogP contribution in [0.3, 0.4) is 0 Å². The fraction of sp³-hybridized carbons (Fsp3) is 0.484. The van der Waals surface area contributed by atoms with Crippen LogP contribution in [0.25, 0.3) is 11.2 Å². The van der Waals surface area contributed by atoms with E-state index in [9.17, 15) is 22.8 Å². The summed E-state index contributed by atoms with van der Waals surface area (Å²) < 4.78 is 39.2. The lowest BCUT2D eigenvalue weighted by molar-refractivity contribution is -0.148. The number of carbonyl (C=O) groups is 2. The minimum atomic E-state index is -4.34. The Balaban J connectivity index is 1.07. The Morgan fingerprint density at radius 2 is 1.71 bits per heavy atom. The average Bonchev–Trinajstić information content (AvgIpc) is 3.71. The number of amides is 2. The Morgan fingerprint density at radius 3 is 2.38 bits per heavy atom. The van der Waals surface area contributed by atoms with Crippen molar-refractivity contribution in [2.75, 3.05) is 45.8 Å². The second-order valence-corrected chi connectivity index (χ2v) is 11.6. The molecule has 2 aliphatic heterocycles. The summed E-state index contributed by atoms with van der Waals surface area (Å²) in [6.45, 7) is 5.23. The van der Waals surface area contributed by atoms with Gasteiger partial charge in [-0.2, -0.15) is 18.3 Å². The molecule has 0 bridgehead atoms. The SMILES string of the molecule is O=C(CCC(F)(F)F)N1CC=C(c2cccn3nc(Cc4ccc(C(=O)N5CCN(CC6CC6)CC5)cc4)nc23)CC1. The van der Waals surface area contributed by atoms with Crippen LogP contribution in [0.4, 0.5) is 13.2 Å². The number of carbonyl (C=O) groups excluding carboxylic acids is 2. The van der Waals surface area contributed by atoms with Crippen molar-refractivity contribution in [2.45, 2.75) is 44.7 Å². The van der Waals surface area contributed by atoms with E-state index in [1.165, 1.54) is 24.3 Å². The summed E-state index contributed by atoms with van der Waals surface area (Å²) in [7, 11) is 0. The molecule has 1 aromatic carbocycles. The molecule has 4 heterocycles. The molecule has 1 aliphatic carbocycles. The van der Waals surface area contributed by atoms with Crippen LogP contribution in [0.15, 0.2) is 48.7 Å². The van der Waals surface area contributed by atoms with Gasteiger partial charge in [0.2, 0.25) is 5.91 Å². The minimum absolute atomic E-state index is 0.0736. The van der Waals surface area contributed by atoms with Crippen molar-refractivity contribution in [3.05, 3.63) is 71.2 Å². The maximum absolute atomic E-state index is 13.1. The van der Waals surface area contributed by atoms with Gasteiger partial charge in [-0.1, -0.05) is 18.2 Å². The van der Waals surface area contributed by atoms with E-state index in [2.05, 4.69) is 10.00 Å². The molecule has 6 rings (SSSR count). The Labute approximate surface area is 242 Å². The van der Waals surface area contributed by atoms with Crippen molar-refractivity contribution in [3.63, 3.8) is 0 Å².